The first-order valence-electron chi connectivity index (χ1n) is 4.81. The van der Waals surface area contributed by atoms with Gasteiger partial charge in [-0.1, -0.05) is 18.5 Å². The van der Waals surface area contributed by atoms with E-state index in [9.17, 15) is 0 Å². The number of methoxy groups -OCH3 is 2. The van der Waals surface area contributed by atoms with Gasteiger partial charge in [-0.3, -0.25) is 0 Å². The van der Waals surface area contributed by atoms with E-state index in [-0.39, 0.29) is 6.04 Å². The molecule has 0 aliphatic heterocycles. The van der Waals surface area contributed by atoms with Gasteiger partial charge >= 0.3 is 0 Å². The first kappa shape index (κ1) is 12.1. The predicted molar refractivity (Wildman–Crippen MR) is 61.8 cm³/mol. The first-order chi connectivity index (χ1) is 7.13. The topological polar surface area (TPSA) is 44.5 Å². The minimum atomic E-state index is -0.0719. The van der Waals surface area contributed by atoms with Crippen LogP contribution in [0.25, 0.3) is 0 Å². The summed E-state index contributed by atoms with van der Waals surface area (Å²) in [5.41, 5.74) is 6.82. The highest BCUT2D eigenvalue weighted by Gasteiger charge is 2.13. The van der Waals surface area contributed by atoms with E-state index in [0.29, 0.717) is 16.5 Å². The lowest BCUT2D eigenvalue weighted by molar-refractivity contribution is 0.354. The Morgan fingerprint density at radius 2 is 1.80 bits per heavy atom. The summed E-state index contributed by atoms with van der Waals surface area (Å²) in [6.07, 6.45) is 0.829. The smallest absolute Gasteiger partial charge is 0.162 e. The Bertz CT molecular complexity index is 342. The summed E-state index contributed by atoms with van der Waals surface area (Å²) in [4.78, 5) is 0. The minimum Gasteiger partial charge on any atom is -0.493 e. The molecule has 0 saturated carbocycles. The zero-order valence-corrected chi connectivity index (χ0v) is 9.97. The first-order valence-corrected chi connectivity index (χ1v) is 5.18. The predicted octanol–water partition coefficient (Wildman–Crippen LogP) is 2.77. The highest BCUT2D eigenvalue weighted by molar-refractivity contribution is 6.31. The quantitative estimate of drug-likeness (QED) is 0.864. The Hall–Kier alpha value is -0.930. The van der Waals surface area contributed by atoms with Crippen molar-refractivity contribution in [2.75, 3.05) is 14.2 Å². The fraction of sp³-hybridized carbons (Fsp3) is 0.455. The van der Waals surface area contributed by atoms with Crippen molar-refractivity contribution in [3.8, 4) is 11.5 Å². The largest absolute Gasteiger partial charge is 0.493 e. The van der Waals surface area contributed by atoms with E-state index in [0.717, 1.165) is 12.0 Å². The van der Waals surface area contributed by atoms with E-state index in [1.165, 1.54) is 0 Å². The summed E-state index contributed by atoms with van der Waals surface area (Å²) in [5, 5.41) is 0.613. The standard InChI is InChI=1S/C11H16ClNO2/c1-4-9(13)7-5-10(14-2)11(15-3)6-8(7)12/h5-6,9H,4,13H2,1-3H3. The number of hydrogen-bond acceptors (Lipinski definition) is 3. The van der Waals surface area contributed by atoms with Crippen LogP contribution in [-0.2, 0) is 0 Å². The Morgan fingerprint density at radius 3 is 2.27 bits per heavy atom. The molecule has 4 heteroatoms. The van der Waals surface area contributed by atoms with Gasteiger partial charge in [-0.25, -0.2) is 0 Å². The minimum absolute atomic E-state index is 0.0719. The van der Waals surface area contributed by atoms with Gasteiger partial charge < -0.3 is 15.2 Å². The van der Waals surface area contributed by atoms with E-state index in [1.54, 1.807) is 20.3 Å². The molecular weight excluding hydrogens is 214 g/mol. The molecule has 0 aromatic heterocycles. The lowest BCUT2D eigenvalue weighted by atomic mass is 10.0. The molecule has 0 bridgehead atoms. The number of halogens is 1. The van der Waals surface area contributed by atoms with Crippen LogP contribution in [0.15, 0.2) is 12.1 Å². The Balaban J connectivity index is 3.19. The van der Waals surface area contributed by atoms with Gasteiger partial charge in [0.05, 0.1) is 14.2 Å². The van der Waals surface area contributed by atoms with Gasteiger partial charge in [-0.2, -0.15) is 0 Å². The van der Waals surface area contributed by atoms with Crippen molar-refractivity contribution in [3.05, 3.63) is 22.7 Å². The van der Waals surface area contributed by atoms with Gasteiger partial charge in [0.1, 0.15) is 0 Å². The van der Waals surface area contributed by atoms with Gasteiger partial charge in [0.2, 0.25) is 0 Å². The van der Waals surface area contributed by atoms with Crippen molar-refractivity contribution >= 4 is 11.6 Å². The summed E-state index contributed by atoms with van der Waals surface area (Å²) in [6.45, 7) is 2.01. The molecule has 1 atom stereocenters. The zero-order chi connectivity index (χ0) is 11.4. The Kier molecular flexibility index (Phi) is 4.24. The van der Waals surface area contributed by atoms with Crippen LogP contribution in [0.2, 0.25) is 5.02 Å². The summed E-state index contributed by atoms with van der Waals surface area (Å²) < 4.78 is 10.3. The summed E-state index contributed by atoms with van der Waals surface area (Å²) >= 11 is 6.10. The van der Waals surface area contributed by atoms with Crippen LogP contribution < -0.4 is 15.2 Å². The number of benzene rings is 1. The van der Waals surface area contributed by atoms with Crippen molar-refractivity contribution in [1.82, 2.24) is 0 Å². The fourth-order valence-corrected chi connectivity index (χ4v) is 1.67. The van der Waals surface area contributed by atoms with Crippen LogP contribution in [0, 0.1) is 0 Å². The maximum Gasteiger partial charge on any atom is 0.162 e. The van der Waals surface area contributed by atoms with Crippen molar-refractivity contribution in [2.45, 2.75) is 19.4 Å². The van der Waals surface area contributed by atoms with Crippen LogP contribution >= 0.6 is 11.6 Å². The van der Waals surface area contributed by atoms with E-state index in [2.05, 4.69) is 0 Å². The molecule has 1 aromatic rings. The third kappa shape index (κ3) is 2.55. The molecular formula is C11H16ClNO2. The SMILES string of the molecule is CCC(N)c1cc(OC)c(OC)cc1Cl. The van der Waals surface area contributed by atoms with Gasteiger partial charge in [-0.05, 0) is 18.1 Å². The number of rotatable bonds is 4. The lowest BCUT2D eigenvalue weighted by Gasteiger charge is -2.15. The van der Waals surface area contributed by atoms with Crippen LogP contribution in [0.1, 0.15) is 24.9 Å². The van der Waals surface area contributed by atoms with E-state index in [4.69, 9.17) is 26.8 Å². The molecule has 0 aliphatic rings. The van der Waals surface area contributed by atoms with Gasteiger partial charge in [-0.15, -0.1) is 0 Å². The summed E-state index contributed by atoms with van der Waals surface area (Å²) in [7, 11) is 3.17. The maximum atomic E-state index is 6.10. The number of hydrogen-bond donors (Lipinski definition) is 1. The molecule has 15 heavy (non-hydrogen) atoms. The van der Waals surface area contributed by atoms with Gasteiger partial charge in [0.15, 0.2) is 11.5 Å². The molecule has 0 radical (unpaired) electrons. The lowest BCUT2D eigenvalue weighted by Crippen LogP contribution is -2.09. The zero-order valence-electron chi connectivity index (χ0n) is 9.21. The highest BCUT2D eigenvalue weighted by atomic mass is 35.5. The summed E-state index contributed by atoms with van der Waals surface area (Å²) in [6, 6.07) is 3.48. The second-order valence-corrected chi connectivity index (χ2v) is 3.65. The van der Waals surface area contributed by atoms with Crippen LogP contribution in [0.5, 0.6) is 11.5 Å². The third-order valence-electron chi connectivity index (χ3n) is 2.34. The summed E-state index contributed by atoms with van der Waals surface area (Å²) in [5.74, 6) is 1.27. The molecule has 1 rings (SSSR count). The average molecular weight is 230 g/mol. The van der Waals surface area contributed by atoms with Crippen molar-refractivity contribution < 1.29 is 9.47 Å². The third-order valence-corrected chi connectivity index (χ3v) is 2.67. The van der Waals surface area contributed by atoms with E-state index >= 15 is 0 Å². The molecule has 2 N–H and O–H groups in total. The molecule has 0 aliphatic carbocycles. The maximum absolute atomic E-state index is 6.10. The van der Waals surface area contributed by atoms with E-state index in [1.807, 2.05) is 13.0 Å². The van der Waals surface area contributed by atoms with E-state index < -0.39 is 0 Å². The van der Waals surface area contributed by atoms with Crippen molar-refractivity contribution in [2.24, 2.45) is 5.73 Å². The Morgan fingerprint density at radius 1 is 1.27 bits per heavy atom. The molecule has 3 nitrogen and oxygen atoms in total. The van der Waals surface area contributed by atoms with Gasteiger partial charge in [0.25, 0.3) is 0 Å². The van der Waals surface area contributed by atoms with Crippen LogP contribution in [-0.4, -0.2) is 14.2 Å². The molecule has 0 amide bonds. The molecule has 84 valence electrons. The Labute approximate surface area is 95.1 Å². The second kappa shape index (κ2) is 5.24. The molecule has 0 heterocycles. The van der Waals surface area contributed by atoms with Crippen LogP contribution in [0.4, 0.5) is 0 Å². The van der Waals surface area contributed by atoms with Crippen LogP contribution in [0.3, 0.4) is 0 Å². The monoisotopic (exact) mass is 229 g/mol. The fourth-order valence-electron chi connectivity index (χ4n) is 1.37. The normalized spacial score (nSPS) is 12.3. The average Bonchev–Trinajstić information content (AvgIpc) is 2.27. The highest BCUT2D eigenvalue weighted by Crippen LogP contribution is 2.35. The number of nitrogens with two attached hydrogens (primary N) is 1. The molecule has 1 unspecified atom stereocenters. The van der Waals surface area contributed by atoms with Gasteiger partial charge in [0, 0.05) is 17.1 Å². The number of ether oxygens (including phenoxy) is 2. The molecule has 0 fully saturated rings. The molecule has 1 aromatic carbocycles. The molecule has 0 saturated heterocycles. The second-order valence-electron chi connectivity index (χ2n) is 3.24. The van der Waals surface area contributed by atoms with Crippen molar-refractivity contribution in [1.29, 1.82) is 0 Å². The van der Waals surface area contributed by atoms with Crippen molar-refractivity contribution in [3.63, 3.8) is 0 Å². The molecule has 0 spiro atoms.